The summed E-state index contributed by atoms with van der Waals surface area (Å²) in [6.45, 7) is 0.790. The van der Waals surface area contributed by atoms with E-state index in [1.165, 1.54) is 24.3 Å². The lowest BCUT2D eigenvalue weighted by molar-refractivity contribution is -0.274. The van der Waals surface area contributed by atoms with E-state index in [2.05, 4.69) is 9.72 Å². The van der Waals surface area contributed by atoms with Gasteiger partial charge in [0.15, 0.2) is 5.82 Å². The van der Waals surface area contributed by atoms with Crippen molar-refractivity contribution < 1.29 is 31.1 Å². The normalized spacial score (nSPS) is 12.4. The van der Waals surface area contributed by atoms with Gasteiger partial charge in [0.25, 0.3) is 0 Å². The third-order valence-corrected chi connectivity index (χ3v) is 4.53. The standard InChI is InChI=1S/C20H16ClF6N3O/c1-29(11-13-4-6-16(7-5-13)31-20(25,26)27)12-15-3-2-8-30(15)18-17(21)9-14(10-28-18)19(22,23)24/h2-10H,11-12H2,1H3. The first kappa shape index (κ1) is 23.0. The zero-order valence-corrected chi connectivity index (χ0v) is 16.8. The van der Waals surface area contributed by atoms with Crippen LogP contribution >= 0.6 is 11.6 Å². The predicted molar refractivity (Wildman–Crippen MR) is 102 cm³/mol. The second kappa shape index (κ2) is 8.80. The molecule has 0 saturated heterocycles. The summed E-state index contributed by atoms with van der Waals surface area (Å²) in [7, 11) is 1.79. The quantitative estimate of drug-likeness (QED) is 0.415. The van der Waals surface area contributed by atoms with Crippen molar-refractivity contribution in [3.63, 3.8) is 0 Å². The predicted octanol–water partition coefficient (Wildman–Crippen LogP) is 6.08. The highest BCUT2D eigenvalue weighted by atomic mass is 35.5. The fraction of sp³-hybridized carbons (Fsp3) is 0.250. The molecule has 0 radical (unpaired) electrons. The molecular weight excluding hydrogens is 448 g/mol. The number of hydrogen-bond donors (Lipinski definition) is 0. The molecule has 0 aliphatic heterocycles. The van der Waals surface area contributed by atoms with Crippen molar-refractivity contribution in [3.8, 4) is 11.6 Å². The number of pyridine rings is 1. The first-order chi connectivity index (χ1) is 14.4. The van der Waals surface area contributed by atoms with E-state index in [0.717, 1.165) is 17.8 Å². The van der Waals surface area contributed by atoms with E-state index in [9.17, 15) is 26.3 Å². The Morgan fingerprint density at radius 2 is 1.71 bits per heavy atom. The molecule has 0 fully saturated rings. The van der Waals surface area contributed by atoms with Gasteiger partial charge in [0, 0.05) is 31.2 Å². The lowest BCUT2D eigenvalue weighted by atomic mass is 10.2. The minimum absolute atomic E-state index is 0.143. The maximum atomic E-state index is 12.8. The monoisotopic (exact) mass is 463 g/mol. The number of benzene rings is 1. The average molecular weight is 464 g/mol. The molecule has 0 atom stereocenters. The Labute approximate surface area is 178 Å². The molecular formula is C20H16ClF6N3O. The Bertz CT molecular complexity index is 1030. The summed E-state index contributed by atoms with van der Waals surface area (Å²) in [4.78, 5) is 5.74. The van der Waals surface area contributed by atoms with E-state index < -0.39 is 18.1 Å². The topological polar surface area (TPSA) is 30.3 Å². The van der Waals surface area contributed by atoms with E-state index >= 15 is 0 Å². The van der Waals surface area contributed by atoms with E-state index in [1.54, 1.807) is 29.9 Å². The first-order valence-electron chi connectivity index (χ1n) is 8.85. The Morgan fingerprint density at radius 3 is 2.29 bits per heavy atom. The number of halogens is 7. The van der Waals surface area contributed by atoms with Crippen molar-refractivity contribution in [1.82, 2.24) is 14.5 Å². The number of alkyl halides is 6. The Hall–Kier alpha value is -2.72. The molecule has 4 nitrogen and oxygen atoms in total. The summed E-state index contributed by atoms with van der Waals surface area (Å²) in [6.07, 6.45) is -6.94. The van der Waals surface area contributed by atoms with Crippen LogP contribution in [0.25, 0.3) is 5.82 Å². The van der Waals surface area contributed by atoms with Crippen molar-refractivity contribution in [2.75, 3.05) is 7.05 Å². The fourth-order valence-electron chi connectivity index (χ4n) is 2.96. The van der Waals surface area contributed by atoms with Gasteiger partial charge in [-0.3, -0.25) is 4.90 Å². The molecule has 0 N–H and O–H groups in total. The number of aromatic nitrogens is 2. The highest BCUT2D eigenvalue weighted by Crippen LogP contribution is 2.32. The molecule has 0 aliphatic carbocycles. The van der Waals surface area contributed by atoms with E-state index in [0.29, 0.717) is 18.8 Å². The summed E-state index contributed by atoms with van der Waals surface area (Å²) >= 11 is 6.04. The van der Waals surface area contributed by atoms with Gasteiger partial charge < -0.3 is 9.30 Å². The lowest BCUT2D eigenvalue weighted by Gasteiger charge is -2.19. The molecule has 2 heterocycles. The maximum Gasteiger partial charge on any atom is 0.573 e. The molecule has 166 valence electrons. The van der Waals surface area contributed by atoms with Crippen LogP contribution in [0.5, 0.6) is 5.75 Å². The Kier molecular flexibility index (Phi) is 6.51. The molecule has 11 heteroatoms. The molecule has 31 heavy (non-hydrogen) atoms. The lowest BCUT2D eigenvalue weighted by Crippen LogP contribution is -2.20. The van der Waals surface area contributed by atoms with Gasteiger partial charge in [-0.25, -0.2) is 4.98 Å². The molecule has 2 aromatic heterocycles. The maximum absolute atomic E-state index is 12.8. The second-order valence-electron chi connectivity index (χ2n) is 6.76. The fourth-order valence-corrected chi connectivity index (χ4v) is 3.21. The number of nitrogens with zero attached hydrogens (tertiary/aromatic N) is 3. The molecule has 3 aromatic rings. The minimum Gasteiger partial charge on any atom is -0.406 e. The number of ether oxygens (including phenoxy) is 1. The molecule has 1 aromatic carbocycles. The Balaban J connectivity index is 1.70. The van der Waals surface area contributed by atoms with Crippen LogP contribution in [0.2, 0.25) is 5.02 Å². The minimum atomic E-state index is -4.75. The van der Waals surface area contributed by atoms with Gasteiger partial charge >= 0.3 is 12.5 Å². The van der Waals surface area contributed by atoms with Gasteiger partial charge in [-0.05, 0) is 42.9 Å². The van der Waals surface area contributed by atoms with Crippen LogP contribution < -0.4 is 4.74 Å². The third kappa shape index (κ3) is 6.14. The zero-order chi connectivity index (χ0) is 22.8. The zero-order valence-electron chi connectivity index (χ0n) is 16.0. The molecule has 0 saturated carbocycles. The van der Waals surface area contributed by atoms with Crippen molar-refractivity contribution in [1.29, 1.82) is 0 Å². The highest BCUT2D eigenvalue weighted by Gasteiger charge is 2.32. The van der Waals surface area contributed by atoms with Crippen molar-refractivity contribution >= 4 is 11.6 Å². The van der Waals surface area contributed by atoms with Gasteiger partial charge in [-0.2, -0.15) is 13.2 Å². The summed E-state index contributed by atoms with van der Waals surface area (Å²) in [5.74, 6) is -0.146. The SMILES string of the molecule is CN(Cc1ccc(OC(F)(F)F)cc1)Cc1cccn1-c1ncc(C(F)(F)F)cc1Cl. The molecule has 0 amide bonds. The summed E-state index contributed by atoms with van der Waals surface area (Å²) in [6, 6.07) is 9.79. The van der Waals surface area contributed by atoms with Crippen LogP contribution in [0.4, 0.5) is 26.3 Å². The molecule has 3 rings (SSSR count). The molecule has 0 bridgehead atoms. The highest BCUT2D eigenvalue weighted by molar-refractivity contribution is 6.32. The smallest absolute Gasteiger partial charge is 0.406 e. The third-order valence-electron chi connectivity index (χ3n) is 4.25. The number of rotatable bonds is 6. The largest absolute Gasteiger partial charge is 0.573 e. The van der Waals surface area contributed by atoms with E-state index in [-0.39, 0.29) is 16.6 Å². The van der Waals surface area contributed by atoms with Gasteiger partial charge in [-0.1, -0.05) is 23.7 Å². The Morgan fingerprint density at radius 1 is 1.03 bits per heavy atom. The van der Waals surface area contributed by atoms with E-state index in [4.69, 9.17) is 11.6 Å². The van der Waals surface area contributed by atoms with Crippen LogP contribution in [-0.4, -0.2) is 27.9 Å². The molecule has 0 aliphatic rings. The van der Waals surface area contributed by atoms with Gasteiger partial charge in [0.05, 0.1) is 10.6 Å². The van der Waals surface area contributed by atoms with Crippen LogP contribution in [0.15, 0.2) is 54.9 Å². The van der Waals surface area contributed by atoms with Crippen molar-refractivity contribution in [3.05, 3.63) is 76.7 Å². The summed E-state index contributed by atoms with van der Waals surface area (Å²) in [5, 5.41) is -0.143. The number of hydrogen-bond acceptors (Lipinski definition) is 3. The molecule has 0 unspecified atom stereocenters. The van der Waals surface area contributed by atoms with Gasteiger partial charge in [0.2, 0.25) is 0 Å². The van der Waals surface area contributed by atoms with Crippen LogP contribution in [-0.2, 0) is 19.3 Å². The first-order valence-corrected chi connectivity index (χ1v) is 9.23. The van der Waals surface area contributed by atoms with Crippen LogP contribution in [0.3, 0.4) is 0 Å². The van der Waals surface area contributed by atoms with Gasteiger partial charge in [-0.15, -0.1) is 13.2 Å². The summed E-state index contributed by atoms with van der Waals surface area (Å²) in [5.41, 5.74) is 0.527. The second-order valence-corrected chi connectivity index (χ2v) is 7.17. The van der Waals surface area contributed by atoms with Crippen molar-refractivity contribution in [2.24, 2.45) is 0 Å². The van der Waals surface area contributed by atoms with E-state index in [1.807, 2.05) is 4.90 Å². The van der Waals surface area contributed by atoms with Gasteiger partial charge in [0.1, 0.15) is 5.75 Å². The van der Waals surface area contributed by atoms with Crippen molar-refractivity contribution in [2.45, 2.75) is 25.6 Å². The van der Waals surface area contributed by atoms with Crippen LogP contribution in [0, 0.1) is 0 Å². The summed E-state index contributed by atoms with van der Waals surface area (Å²) < 4.78 is 80.7. The molecule has 0 spiro atoms. The average Bonchev–Trinajstić information content (AvgIpc) is 3.09. The van der Waals surface area contributed by atoms with Crippen LogP contribution in [0.1, 0.15) is 16.8 Å².